The minimum absolute atomic E-state index is 0.150. The van der Waals surface area contributed by atoms with Gasteiger partial charge in [-0.1, -0.05) is 25.8 Å². The highest BCUT2D eigenvalue weighted by atomic mass is 16.5. The van der Waals surface area contributed by atoms with Crippen molar-refractivity contribution >= 4 is 23.3 Å². The third-order valence-corrected chi connectivity index (χ3v) is 5.49. The first-order chi connectivity index (χ1) is 13.1. The smallest absolute Gasteiger partial charge is 0.319 e. The number of nitrogens with one attached hydrogen (secondary N) is 2. The quantitative estimate of drug-likeness (QED) is 0.743. The Kier molecular flexibility index (Phi) is 7.10. The second-order valence-electron chi connectivity index (χ2n) is 7.60. The highest BCUT2D eigenvalue weighted by Crippen LogP contribution is 2.26. The van der Waals surface area contributed by atoms with Crippen molar-refractivity contribution < 1.29 is 14.3 Å². The lowest BCUT2D eigenvalue weighted by Crippen LogP contribution is -2.35. The van der Waals surface area contributed by atoms with Crippen molar-refractivity contribution in [1.29, 1.82) is 0 Å². The predicted molar refractivity (Wildman–Crippen MR) is 107 cm³/mol. The number of nitrogens with zero attached hydrogens (tertiary/aromatic N) is 1. The summed E-state index contributed by atoms with van der Waals surface area (Å²) >= 11 is 0. The Labute approximate surface area is 161 Å². The van der Waals surface area contributed by atoms with Gasteiger partial charge >= 0.3 is 6.03 Å². The molecule has 2 atom stereocenters. The number of piperidine rings is 1. The molecule has 1 saturated carbocycles. The number of rotatable bonds is 6. The third-order valence-electron chi connectivity index (χ3n) is 5.49. The molecule has 0 bridgehead atoms. The fourth-order valence-corrected chi connectivity index (χ4v) is 3.91. The number of anilines is 2. The predicted octanol–water partition coefficient (Wildman–Crippen LogP) is 3.92. The number of hydrogen-bond acceptors (Lipinski definition) is 3. The number of carbonyl (C=O) groups is 2. The summed E-state index contributed by atoms with van der Waals surface area (Å²) in [4.78, 5) is 26.0. The molecule has 2 fully saturated rings. The molecule has 6 heteroatoms. The van der Waals surface area contributed by atoms with Crippen LogP contribution in [0.1, 0.15) is 51.9 Å². The number of ether oxygens (including phenoxy) is 1. The summed E-state index contributed by atoms with van der Waals surface area (Å²) in [6, 6.07) is 7.20. The molecule has 0 aromatic heterocycles. The van der Waals surface area contributed by atoms with Crippen molar-refractivity contribution in [3.05, 3.63) is 24.3 Å². The fraction of sp³-hybridized carbons (Fsp3) is 0.619. The van der Waals surface area contributed by atoms with E-state index >= 15 is 0 Å². The molecule has 1 aromatic rings. The van der Waals surface area contributed by atoms with Gasteiger partial charge in [0.1, 0.15) is 0 Å². The van der Waals surface area contributed by atoms with Crippen LogP contribution in [0.15, 0.2) is 24.3 Å². The molecule has 2 N–H and O–H groups in total. The Hall–Kier alpha value is -2.08. The normalized spacial score (nSPS) is 23.1. The summed E-state index contributed by atoms with van der Waals surface area (Å²) in [7, 11) is 0. The molecule has 1 aromatic carbocycles. The Morgan fingerprint density at radius 3 is 2.89 bits per heavy atom. The molecule has 1 aliphatic carbocycles. The largest absolute Gasteiger partial charge is 0.376 e. The average Bonchev–Trinajstić information content (AvgIpc) is 2.67. The number of carbonyl (C=O) groups excluding carboxylic acids is 2. The minimum Gasteiger partial charge on any atom is -0.376 e. The van der Waals surface area contributed by atoms with Gasteiger partial charge in [-0.05, 0) is 49.8 Å². The Morgan fingerprint density at radius 2 is 2.07 bits per heavy atom. The molecule has 6 nitrogen and oxygen atoms in total. The maximum Gasteiger partial charge on any atom is 0.319 e. The molecular formula is C21H31N3O3. The van der Waals surface area contributed by atoms with Gasteiger partial charge in [-0.2, -0.15) is 0 Å². The van der Waals surface area contributed by atoms with E-state index in [1.807, 2.05) is 24.3 Å². The molecule has 0 unspecified atom stereocenters. The zero-order valence-electron chi connectivity index (χ0n) is 16.2. The Balaban J connectivity index is 1.42. The van der Waals surface area contributed by atoms with E-state index in [0.717, 1.165) is 31.5 Å². The number of amides is 3. The van der Waals surface area contributed by atoms with Gasteiger partial charge in [0.15, 0.2) is 0 Å². The van der Waals surface area contributed by atoms with E-state index in [1.54, 1.807) is 4.90 Å². The van der Waals surface area contributed by atoms with Crippen LogP contribution in [0.25, 0.3) is 0 Å². The lowest BCUT2D eigenvalue weighted by molar-refractivity contribution is -0.119. The lowest BCUT2D eigenvalue weighted by Gasteiger charge is -2.28. The van der Waals surface area contributed by atoms with Crippen molar-refractivity contribution in [2.24, 2.45) is 5.92 Å². The maximum atomic E-state index is 12.1. The van der Waals surface area contributed by atoms with Gasteiger partial charge in [-0.25, -0.2) is 4.79 Å². The summed E-state index contributed by atoms with van der Waals surface area (Å²) in [5, 5.41) is 5.68. The van der Waals surface area contributed by atoms with Crippen LogP contribution in [0.3, 0.4) is 0 Å². The van der Waals surface area contributed by atoms with Gasteiger partial charge in [-0.15, -0.1) is 0 Å². The summed E-state index contributed by atoms with van der Waals surface area (Å²) in [5.74, 6) is 0.754. The standard InChI is InChI=1S/C21H31N3O3/c1-16-7-2-3-10-19(16)27-14-12-22-21(26)23-17-8-6-9-18(15-17)24-13-5-4-11-20(24)25/h6,8-9,15-16,19H,2-5,7,10-14H2,1H3,(H2,22,23,26)/t16-,19-/m1/s1. The van der Waals surface area contributed by atoms with E-state index in [-0.39, 0.29) is 11.9 Å². The SMILES string of the molecule is C[C@@H]1CCCC[C@H]1OCCNC(=O)Nc1cccc(N2CCCCC2=O)c1. The van der Waals surface area contributed by atoms with Crippen LogP contribution in [0.5, 0.6) is 0 Å². The molecule has 1 heterocycles. The minimum atomic E-state index is -0.252. The van der Waals surface area contributed by atoms with Crippen LogP contribution in [-0.2, 0) is 9.53 Å². The fourth-order valence-electron chi connectivity index (χ4n) is 3.91. The topological polar surface area (TPSA) is 70.7 Å². The van der Waals surface area contributed by atoms with E-state index in [9.17, 15) is 9.59 Å². The Bertz CT molecular complexity index is 649. The van der Waals surface area contributed by atoms with Gasteiger partial charge in [-0.3, -0.25) is 4.79 Å². The molecule has 3 rings (SSSR count). The van der Waals surface area contributed by atoms with Gasteiger partial charge in [0.05, 0.1) is 12.7 Å². The summed E-state index contributed by atoms with van der Waals surface area (Å²) in [5.41, 5.74) is 1.53. The maximum absolute atomic E-state index is 12.1. The highest BCUT2D eigenvalue weighted by Gasteiger charge is 2.22. The van der Waals surface area contributed by atoms with Crippen molar-refractivity contribution in [3.63, 3.8) is 0 Å². The first kappa shape index (κ1) is 19.7. The molecule has 0 spiro atoms. The first-order valence-corrected chi connectivity index (χ1v) is 10.2. The Morgan fingerprint density at radius 1 is 1.22 bits per heavy atom. The van der Waals surface area contributed by atoms with E-state index in [0.29, 0.717) is 37.3 Å². The number of urea groups is 1. The van der Waals surface area contributed by atoms with Crippen LogP contribution in [0.4, 0.5) is 16.2 Å². The molecule has 3 amide bonds. The number of benzene rings is 1. The molecule has 27 heavy (non-hydrogen) atoms. The van der Waals surface area contributed by atoms with Crippen molar-refractivity contribution in [1.82, 2.24) is 5.32 Å². The third kappa shape index (κ3) is 5.70. The van der Waals surface area contributed by atoms with Crippen molar-refractivity contribution in [2.45, 2.75) is 58.0 Å². The summed E-state index contributed by atoms with van der Waals surface area (Å²) in [6.07, 6.45) is 7.77. The van der Waals surface area contributed by atoms with Crippen molar-refractivity contribution in [3.8, 4) is 0 Å². The van der Waals surface area contributed by atoms with Gasteiger partial charge in [0.25, 0.3) is 0 Å². The van der Waals surface area contributed by atoms with Crippen LogP contribution in [0.2, 0.25) is 0 Å². The summed E-state index contributed by atoms with van der Waals surface area (Å²) < 4.78 is 5.92. The van der Waals surface area contributed by atoms with E-state index < -0.39 is 0 Å². The monoisotopic (exact) mass is 373 g/mol. The second-order valence-corrected chi connectivity index (χ2v) is 7.60. The van der Waals surface area contributed by atoms with Gasteiger partial charge in [0, 0.05) is 30.9 Å². The zero-order valence-corrected chi connectivity index (χ0v) is 16.2. The highest BCUT2D eigenvalue weighted by molar-refractivity contribution is 5.95. The molecule has 2 aliphatic rings. The first-order valence-electron chi connectivity index (χ1n) is 10.2. The van der Waals surface area contributed by atoms with Crippen molar-refractivity contribution in [2.75, 3.05) is 29.9 Å². The second kappa shape index (κ2) is 9.74. The molecule has 1 aliphatic heterocycles. The zero-order chi connectivity index (χ0) is 19.1. The molecule has 0 radical (unpaired) electrons. The summed E-state index contributed by atoms with van der Waals surface area (Å²) in [6.45, 7) is 4.00. The average molecular weight is 373 g/mol. The lowest BCUT2D eigenvalue weighted by atomic mass is 9.88. The van der Waals surface area contributed by atoms with Crippen LogP contribution in [0, 0.1) is 5.92 Å². The molecule has 148 valence electrons. The van der Waals surface area contributed by atoms with Crippen LogP contribution < -0.4 is 15.5 Å². The molecular weight excluding hydrogens is 342 g/mol. The van der Waals surface area contributed by atoms with Gasteiger partial charge in [0.2, 0.25) is 5.91 Å². The van der Waals surface area contributed by atoms with Crippen LogP contribution in [-0.4, -0.2) is 37.7 Å². The van der Waals surface area contributed by atoms with E-state index in [4.69, 9.17) is 4.74 Å². The van der Waals surface area contributed by atoms with E-state index in [2.05, 4.69) is 17.6 Å². The molecule has 1 saturated heterocycles. The van der Waals surface area contributed by atoms with Gasteiger partial charge < -0.3 is 20.3 Å². The van der Waals surface area contributed by atoms with E-state index in [1.165, 1.54) is 19.3 Å². The number of hydrogen-bond donors (Lipinski definition) is 2. The van der Waals surface area contributed by atoms with Crippen LogP contribution >= 0.6 is 0 Å².